The van der Waals surface area contributed by atoms with E-state index >= 15 is 0 Å². The number of ether oxygens (including phenoxy) is 3. The number of benzene rings is 3. The second-order valence-corrected chi connectivity index (χ2v) is 8.17. The summed E-state index contributed by atoms with van der Waals surface area (Å²) < 4.78 is 18.4. The Kier molecular flexibility index (Phi) is 7.10. The van der Waals surface area contributed by atoms with Crippen molar-refractivity contribution < 1.29 is 19.0 Å². The molecule has 0 bridgehead atoms. The van der Waals surface area contributed by atoms with E-state index in [1.807, 2.05) is 31.2 Å². The largest absolute Gasteiger partial charge is 0.493 e. The van der Waals surface area contributed by atoms with Crippen molar-refractivity contribution in [2.45, 2.75) is 20.0 Å². The van der Waals surface area contributed by atoms with Crippen LogP contribution in [0.3, 0.4) is 0 Å². The Bertz CT molecular complexity index is 1510. The standard InChI is InChI=1S/C27H27N3O6/c1-17-9-11-18(12-10-17)15-28-24(31)16-29-21-8-6-5-7-20(21)26(32)30(27(29)33)19-13-22(34-2)25(36-4)23(14-19)35-3/h5-14H,15-16H2,1-4H3,(H,28,31). The lowest BCUT2D eigenvalue weighted by molar-refractivity contribution is -0.121. The van der Waals surface area contributed by atoms with Crippen LogP contribution < -0.4 is 30.8 Å². The van der Waals surface area contributed by atoms with Gasteiger partial charge in [-0.25, -0.2) is 9.36 Å². The van der Waals surface area contributed by atoms with E-state index in [-0.39, 0.29) is 35.0 Å². The van der Waals surface area contributed by atoms with E-state index < -0.39 is 11.2 Å². The molecule has 3 aromatic carbocycles. The molecule has 0 aliphatic carbocycles. The molecule has 0 atom stereocenters. The van der Waals surface area contributed by atoms with Crippen molar-refractivity contribution in [2.75, 3.05) is 21.3 Å². The van der Waals surface area contributed by atoms with Crippen molar-refractivity contribution in [3.8, 4) is 22.9 Å². The Morgan fingerprint density at radius 1 is 0.889 bits per heavy atom. The van der Waals surface area contributed by atoms with Gasteiger partial charge >= 0.3 is 5.69 Å². The summed E-state index contributed by atoms with van der Waals surface area (Å²) in [6.07, 6.45) is 0. The van der Waals surface area contributed by atoms with Crippen LogP contribution in [0, 0.1) is 6.92 Å². The summed E-state index contributed by atoms with van der Waals surface area (Å²) in [5.74, 6) is 0.536. The van der Waals surface area contributed by atoms with Gasteiger partial charge < -0.3 is 19.5 Å². The molecule has 4 rings (SSSR count). The first-order chi connectivity index (χ1) is 17.4. The summed E-state index contributed by atoms with van der Waals surface area (Å²) in [5, 5.41) is 3.13. The van der Waals surface area contributed by atoms with Crippen LogP contribution in [0.1, 0.15) is 11.1 Å². The Hall–Kier alpha value is -4.53. The third kappa shape index (κ3) is 4.68. The van der Waals surface area contributed by atoms with Crippen molar-refractivity contribution >= 4 is 16.8 Å². The molecule has 1 N–H and O–H groups in total. The van der Waals surface area contributed by atoms with Gasteiger partial charge in [0.2, 0.25) is 11.7 Å². The molecule has 1 heterocycles. The summed E-state index contributed by atoms with van der Waals surface area (Å²) in [6.45, 7) is 2.04. The number of nitrogens with one attached hydrogen (secondary N) is 1. The van der Waals surface area contributed by atoms with E-state index in [1.165, 1.54) is 38.0 Å². The van der Waals surface area contributed by atoms with Gasteiger partial charge in [-0.15, -0.1) is 0 Å². The molecule has 1 amide bonds. The van der Waals surface area contributed by atoms with Crippen LogP contribution in [0.5, 0.6) is 17.2 Å². The van der Waals surface area contributed by atoms with Crippen LogP contribution in [0.25, 0.3) is 16.6 Å². The Morgan fingerprint density at radius 2 is 1.53 bits per heavy atom. The quantitative estimate of drug-likeness (QED) is 0.409. The number of fused-ring (bicyclic) bond motifs is 1. The lowest BCUT2D eigenvalue weighted by atomic mass is 10.1. The highest BCUT2D eigenvalue weighted by atomic mass is 16.5. The van der Waals surface area contributed by atoms with Crippen LogP contribution >= 0.6 is 0 Å². The molecular formula is C27H27N3O6. The number of carbonyl (C=O) groups excluding carboxylic acids is 1. The van der Waals surface area contributed by atoms with Gasteiger partial charge in [0, 0.05) is 18.7 Å². The smallest absolute Gasteiger partial charge is 0.336 e. The fraction of sp³-hybridized carbons (Fsp3) is 0.222. The monoisotopic (exact) mass is 489 g/mol. The van der Waals surface area contributed by atoms with E-state index in [1.54, 1.807) is 24.3 Å². The maximum atomic E-state index is 13.6. The average molecular weight is 490 g/mol. The number of amides is 1. The minimum absolute atomic E-state index is 0.221. The molecule has 0 saturated carbocycles. The van der Waals surface area contributed by atoms with E-state index in [0.29, 0.717) is 17.8 Å². The number of para-hydroxylation sites is 1. The predicted octanol–water partition coefficient (Wildman–Crippen LogP) is 2.80. The fourth-order valence-electron chi connectivity index (χ4n) is 4.00. The maximum Gasteiger partial charge on any atom is 0.336 e. The summed E-state index contributed by atoms with van der Waals surface area (Å²) in [5.41, 5.74) is 1.45. The second-order valence-electron chi connectivity index (χ2n) is 8.17. The average Bonchev–Trinajstić information content (AvgIpc) is 2.90. The lowest BCUT2D eigenvalue weighted by Crippen LogP contribution is -2.41. The molecule has 1 aromatic heterocycles. The van der Waals surface area contributed by atoms with Crippen LogP contribution in [-0.2, 0) is 17.9 Å². The van der Waals surface area contributed by atoms with Crippen LogP contribution in [0.15, 0.2) is 70.3 Å². The number of aromatic nitrogens is 2. The molecule has 36 heavy (non-hydrogen) atoms. The van der Waals surface area contributed by atoms with Crippen molar-refractivity contribution in [1.82, 2.24) is 14.5 Å². The van der Waals surface area contributed by atoms with E-state index in [0.717, 1.165) is 15.7 Å². The third-order valence-electron chi connectivity index (χ3n) is 5.87. The minimum Gasteiger partial charge on any atom is -0.493 e. The number of hydrogen-bond donors (Lipinski definition) is 1. The molecule has 0 aliphatic rings. The first-order valence-electron chi connectivity index (χ1n) is 11.2. The second kappa shape index (κ2) is 10.4. The zero-order valence-corrected chi connectivity index (χ0v) is 20.5. The van der Waals surface area contributed by atoms with E-state index in [2.05, 4.69) is 5.32 Å². The van der Waals surface area contributed by atoms with Gasteiger partial charge in [0.15, 0.2) is 11.5 Å². The van der Waals surface area contributed by atoms with Gasteiger partial charge in [-0.2, -0.15) is 0 Å². The highest BCUT2D eigenvalue weighted by Crippen LogP contribution is 2.38. The Morgan fingerprint density at radius 3 is 2.14 bits per heavy atom. The summed E-state index contributed by atoms with van der Waals surface area (Å²) in [7, 11) is 4.35. The number of carbonyl (C=O) groups is 1. The maximum absolute atomic E-state index is 13.6. The highest BCUT2D eigenvalue weighted by molar-refractivity contribution is 5.82. The summed E-state index contributed by atoms with van der Waals surface area (Å²) in [4.78, 5) is 39.9. The SMILES string of the molecule is COc1cc(-n2c(=O)c3ccccc3n(CC(=O)NCc3ccc(C)cc3)c2=O)cc(OC)c1OC. The van der Waals surface area contributed by atoms with Gasteiger partial charge in [0.1, 0.15) is 6.54 Å². The van der Waals surface area contributed by atoms with Crippen molar-refractivity contribution in [1.29, 1.82) is 0 Å². The van der Waals surface area contributed by atoms with Crippen molar-refractivity contribution in [3.63, 3.8) is 0 Å². The molecule has 0 saturated heterocycles. The predicted molar refractivity (Wildman–Crippen MR) is 136 cm³/mol. The minimum atomic E-state index is -0.668. The van der Waals surface area contributed by atoms with Crippen molar-refractivity contribution in [3.05, 3.63) is 92.6 Å². The molecule has 186 valence electrons. The third-order valence-corrected chi connectivity index (χ3v) is 5.87. The number of hydrogen-bond acceptors (Lipinski definition) is 6. The zero-order valence-electron chi connectivity index (χ0n) is 20.5. The molecule has 0 unspecified atom stereocenters. The molecule has 0 spiro atoms. The first kappa shape index (κ1) is 24.6. The van der Waals surface area contributed by atoms with E-state index in [4.69, 9.17) is 14.2 Å². The summed E-state index contributed by atoms with van der Waals surface area (Å²) in [6, 6.07) is 17.5. The molecule has 4 aromatic rings. The van der Waals surface area contributed by atoms with Gasteiger partial charge in [-0.1, -0.05) is 42.0 Å². The van der Waals surface area contributed by atoms with E-state index in [9.17, 15) is 14.4 Å². The Labute approximate surface area is 207 Å². The highest BCUT2D eigenvalue weighted by Gasteiger charge is 2.20. The van der Waals surface area contributed by atoms with Crippen molar-refractivity contribution in [2.24, 2.45) is 0 Å². The number of aryl methyl sites for hydroxylation is 1. The number of nitrogens with zero attached hydrogens (tertiary/aromatic N) is 2. The van der Waals surface area contributed by atoms with Crippen LogP contribution in [0.4, 0.5) is 0 Å². The first-order valence-corrected chi connectivity index (χ1v) is 11.2. The molecule has 0 aliphatic heterocycles. The van der Waals surface area contributed by atoms with Gasteiger partial charge in [-0.3, -0.25) is 14.2 Å². The number of methoxy groups -OCH3 is 3. The molecule has 0 radical (unpaired) electrons. The van der Waals surface area contributed by atoms with Gasteiger partial charge in [0.25, 0.3) is 5.56 Å². The molecule has 9 heteroatoms. The van der Waals surface area contributed by atoms with Crippen LogP contribution in [0.2, 0.25) is 0 Å². The van der Waals surface area contributed by atoms with Crippen LogP contribution in [-0.4, -0.2) is 36.4 Å². The topological polar surface area (TPSA) is 101 Å². The van der Waals surface area contributed by atoms with Gasteiger partial charge in [-0.05, 0) is 24.6 Å². The summed E-state index contributed by atoms with van der Waals surface area (Å²) >= 11 is 0. The number of rotatable bonds is 8. The zero-order chi connectivity index (χ0) is 25.8. The molecule has 9 nitrogen and oxygen atoms in total. The lowest BCUT2D eigenvalue weighted by Gasteiger charge is -2.17. The fourth-order valence-corrected chi connectivity index (χ4v) is 4.00. The molecule has 0 fully saturated rings. The van der Waals surface area contributed by atoms with Gasteiger partial charge in [0.05, 0.1) is 37.9 Å². The Balaban J connectivity index is 1.80. The normalized spacial score (nSPS) is 10.8. The molecular weight excluding hydrogens is 462 g/mol.